The van der Waals surface area contributed by atoms with E-state index in [1.54, 1.807) is 18.2 Å². The van der Waals surface area contributed by atoms with Gasteiger partial charge in [-0.15, -0.1) is 0 Å². The summed E-state index contributed by atoms with van der Waals surface area (Å²) >= 11 is 5.89. The number of hydrogen-bond donors (Lipinski definition) is 3. The Labute approximate surface area is 103 Å². The van der Waals surface area contributed by atoms with Gasteiger partial charge in [0.2, 0.25) is 0 Å². The Hall–Kier alpha value is -1.79. The van der Waals surface area contributed by atoms with Crippen LogP contribution in [0, 0.1) is 0 Å². The number of amides is 3. The van der Waals surface area contributed by atoms with Gasteiger partial charge in [-0.05, 0) is 12.1 Å². The summed E-state index contributed by atoms with van der Waals surface area (Å²) in [5.74, 6) is -0.236. The second kappa shape index (κ2) is 6.07. The first-order valence-electron chi connectivity index (χ1n) is 4.74. The molecule has 92 valence electrons. The lowest BCUT2D eigenvalue weighted by Crippen LogP contribution is -2.38. The smallest absolute Gasteiger partial charge is 0.318 e. The van der Waals surface area contributed by atoms with Gasteiger partial charge >= 0.3 is 6.03 Å². The largest absolute Gasteiger partial charge is 0.483 e. The van der Waals surface area contributed by atoms with Crippen LogP contribution in [0.5, 0.6) is 5.75 Å². The lowest BCUT2D eigenvalue weighted by Gasteiger charge is -2.10. The van der Waals surface area contributed by atoms with E-state index < -0.39 is 11.9 Å². The van der Waals surface area contributed by atoms with Crippen LogP contribution in [0.3, 0.4) is 0 Å². The van der Waals surface area contributed by atoms with E-state index >= 15 is 0 Å². The predicted molar refractivity (Wildman–Crippen MR) is 62.6 cm³/mol. The Bertz CT molecular complexity index is 437. The zero-order chi connectivity index (χ0) is 12.8. The summed E-state index contributed by atoms with van der Waals surface area (Å²) in [6.45, 7) is -0.150. The Morgan fingerprint density at radius 1 is 1.41 bits per heavy atom. The molecule has 0 atom stereocenters. The number of ether oxygens (including phenoxy) is 1. The van der Waals surface area contributed by atoms with E-state index in [4.69, 9.17) is 27.8 Å². The van der Waals surface area contributed by atoms with Crippen LogP contribution in [0.1, 0.15) is 5.56 Å². The van der Waals surface area contributed by atoms with Crippen molar-refractivity contribution in [1.82, 2.24) is 5.32 Å². The average Bonchev–Trinajstić information content (AvgIpc) is 2.25. The summed E-state index contributed by atoms with van der Waals surface area (Å²) in [5.41, 5.74) is 10.9. The lowest BCUT2D eigenvalue weighted by atomic mass is 10.2. The van der Waals surface area contributed by atoms with Crippen LogP contribution in [-0.2, 0) is 11.3 Å². The Kier molecular flexibility index (Phi) is 4.74. The van der Waals surface area contributed by atoms with Gasteiger partial charge in [-0.3, -0.25) is 10.1 Å². The molecule has 0 heterocycles. The molecule has 1 aromatic rings. The van der Waals surface area contributed by atoms with Gasteiger partial charge in [0.1, 0.15) is 5.75 Å². The minimum atomic E-state index is -0.927. The van der Waals surface area contributed by atoms with E-state index in [0.29, 0.717) is 16.3 Å². The molecule has 0 radical (unpaired) electrons. The van der Waals surface area contributed by atoms with E-state index in [1.807, 2.05) is 5.32 Å². The van der Waals surface area contributed by atoms with Gasteiger partial charge < -0.3 is 16.2 Å². The van der Waals surface area contributed by atoms with Crippen LogP contribution in [0.25, 0.3) is 0 Å². The maximum absolute atomic E-state index is 11.1. The van der Waals surface area contributed by atoms with Gasteiger partial charge in [0, 0.05) is 17.1 Å². The monoisotopic (exact) mass is 257 g/mol. The third kappa shape index (κ3) is 3.93. The second-order valence-corrected chi connectivity index (χ2v) is 3.53. The van der Waals surface area contributed by atoms with Crippen molar-refractivity contribution in [1.29, 1.82) is 0 Å². The topological polar surface area (TPSA) is 107 Å². The number of imide groups is 1. The summed E-state index contributed by atoms with van der Waals surface area (Å²) in [4.78, 5) is 21.5. The third-order valence-electron chi connectivity index (χ3n) is 1.90. The van der Waals surface area contributed by atoms with Gasteiger partial charge in [-0.1, -0.05) is 17.7 Å². The number of nitrogens with one attached hydrogen (secondary N) is 1. The fraction of sp³-hybridized carbons (Fsp3) is 0.200. The molecular formula is C10H12ClN3O3. The molecule has 0 aliphatic rings. The highest BCUT2D eigenvalue weighted by Crippen LogP contribution is 2.25. The van der Waals surface area contributed by atoms with Crippen LogP contribution < -0.4 is 21.5 Å². The Morgan fingerprint density at radius 2 is 2.12 bits per heavy atom. The molecule has 0 spiro atoms. The van der Waals surface area contributed by atoms with Crippen molar-refractivity contribution in [2.45, 2.75) is 6.54 Å². The molecule has 0 aromatic heterocycles. The van der Waals surface area contributed by atoms with Crippen LogP contribution in [-0.4, -0.2) is 18.5 Å². The number of hydrogen-bond acceptors (Lipinski definition) is 4. The van der Waals surface area contributed by atoms with Gasteiger partial charge in [-0.2, -0.15) is 0 Å². The van der Waals surface area contributed by atoms with Gasteiger partial charge in [-0.25, -0.2) is 4.79 Å². The number of urea groups is 1. The molecule has 0 saturated carbocycles. The predicted octanol–water partition coefficient (Wildman–Crippen LogP) is 0.372. The molecule has 0 saturated heterocycles. The number of halogens is 1. The van der Waals surface area contributed by atoms with Crippen LogP contribution in [0.15, 0.2) is 18.2 Å². The SMILES string of the molecule is NCc1c(Cl)cccc1OCC(=O)NC(N)=O. The van der Waals surface area contributed by atoms with E-state index in [9.17, 15) is 9.59 Å². The quantitative estimate of drug-likeness (QED) is 0.724. The van der Waals surface area contributed by atoms with Gasteiger partial charge in [0.25, 0.3) is 5.91 Å². The Balaban J connectivity index is 2.66. The normalized spacial score (nSPS) is 9.76. The third-order valence-corrected chi connectivity index (χ3v) is 2.26. The zero-order valence-electron chi connectivity index (χ0n) is 8.90. The maximum atomic E-state index is 11.1. The first kappa shape index (κ1) is 13.3. The van der Waals surface area contributed by atoms with Crippen molar-refractivity contribution in [2.24, 2.45) is 11.5 Å². The van der Waals surface area contributed by atoms with E-state index in [0.717, 1.165) is 0 Å². The minimum absolute atomic E-state index is 0.187. The van der Waals surface area contributed by atoms with Crippen molar-refractivity contribution >= 4 is 23.5 Å². The number of carbonyl (C=O) groups excluding carboxylic acids is 2. The first-order chi connectivity index (χ1) is 8.04. The summed E-state index contributed by atoms with van der Waals surface area (Å²) in [7, 11) is 0. The van der Waals surface area contributed by atoms with Crippen LogP contribution in [0.2, 0.25) is 5.02 Å². The number of rotatable bonds is 4. The highest BCUT2D eigenvalue weighted by Gasteiger charge is 2.09. The van der Waals surface area contributed by atoms with Gasteiger partial charge in [0.15, 0.2) is 6.61 Å². The average molecular weight is 258 g/mol. The standard InChI is InChI=1S/C10H12ClN3O3/c11-7-2-1-3-8(6(7)4-12)17-5-9(15)14-10(13)16/h1-3H,4-5,12H2,(H3,13,14,15,16). The van der Waals surface area contributed by atoms with Crippen molar-refractivity contribution in [3.63, 3.8) is 0 Å². The maximum Gasteiger partial charge on any atom is 0.318 e. The first-order valence-corrected chi connectivity index (χ1v) is 5.12. The zero-order valence-corrected chi connectivity index (χ0v) is 9.66. The molecule has 0 bridgehead atoms. The molecule has 17 heavy (non-hydrogen) atoms. The summed E-state index contributed by atoms with van der Waals surface area (Å²) in [6.07, 6.45) is 0. The fourth-order valence-electron chi connectivity index (χ4n) is 1.19. The molecule has 6 nitrogen and oxygen atoms in total. The molecule has 1 aromatic carbocycles. The number of primary amides is 1. The van der Waals surface area contributed by atoms with Crippen molar-refractivity contribution < 1.29 is 14.3 Å². The van der Waals surface area contributed by atoms with E-state index in [-0.39, 0.29) is 13.2 Å². The lowest BCUT2D eigenvalue weighted by molar-refractivity contribution is -0.121. The van der Waals surface area contributed by atoms with Gasteiger partial charge in [0.05, 0.1) is 0 Å². The number of nitrogens with two attached hydrogens (primary N) is 2. The summed E-state index contributed by atoms with van der Waals surface area (Å²) in [5, 5.41) is 2.33. The summed E-state index contributed by atoms with van der Waals surface area (Å²) < 4.78 is 5.19. The van der Waals surface area contributed by atoms with Crippen molar-refractivity contribution in [3.8, 4) is 5.75 Å². The van der Waals surface area contributed by atoms with Crippen molar-refractivity contribution in [3.05, 3.63) is 28.8 Å². The molecule has 0 unspecified atom stereocenters. The summed E-state index contributed by atoms with van der Waals surface area (Å²) in [6, 6.07) is 4.04. The van der Waals surface area contributed by atoms with Crippen molar-refractivity contribution in [2.75, 3.05) is 6.61 Å². The van der Waals surface area contributed by atoms with E-state index in [2.05, 4.69) is 0 Å². The van der Waals surface area contributed by atoms with E-state index in [1.165, 1.54) is 0 Å². The molecular weight excluding hydrogens is 246 g/mol. The molecule has 3 amide bonds. The molecule has 7 heteroatoms. The molecule has 0 fully saturated rings. The molecule has 5 N–H and O–H groups in total. The van der Waals surface area contributed by atoms with Crippen LogP contribution >= 0.6 is 11.6 Å². The minimum Gasteiger partial charge on any atom is -0.483 e. The molecule has 1 rings (SSSR count). The molecule has 0 aliphatic carbocycles. The highest BCUT2D eigenvalue weighted by atomic mass is 35.5. The fourth-order valence-corrected chi connectivity index (χ4v) is 1.43. The second-order valence-electron chi connectivity index (χ2n) is 3.12. The highest BCUT2D eigenvalue weighted by molar-refractivity contribution is 6.31. The molecule has 0 aliphatic heterocycles. The van der Waals surface area contributed by atoms with Crippen LogP contribution in [0.4, 0.5) is 4.79 Å². The Morgan fingerprint density at radius 3 is 2.71 bits per heavy atom. The number of carbonyl (C=O) groups is 2. The number of benzene rings is 1.